The Balaban J connectivity index is 2.92. The molecule has 5 nitrogen and oxygen atoms in total. The van der Waals surface area contributed by atoms with Crippen LogP contribution in [0, 0.1) is 0 Å². The SMILES string of the molecule is NCCc1cc(O)c(O)c(SCC(=O)O)c1. The molecule has 1 rings (SSSR count). The van der Waals surface area contributed by atoms with Crippen molar-refractivity contribution < 1.29 is 20.1 Å². The number of benzene rings is 1. The highest BCUT2D eigenvalue weighted by Crippen LogP contribution is 2.37. The number of phenolic OH excluding ortho intramolecular Hbond substituents is 2. The van der Waals surface area contributed by atoms with E-state index < -0.39 is 5.97 Å². The number of phenols is 2. The van der Waals surface area contributed by atoms with Crippen molar-refractivity contribution in [2.45, 2.75) is 11.3 Å². The highest BCUT2D eigenvalue weighted by Gasteiger charge is 2.11. The van der Waals surface area contributed by atoms with Gasteiger partial charge in [-0.15, -0.1) is 11.8 Å². The van der Waals surface area contributed by atoms with E-state index in [9.17, 15) is 15.0 Å². The van der Waals surface area contributed by atoms with E-state index in [2.05, 4.69) is 0 Å². The molecule has 0 saturated heterocycles. The summed E-state index contributed by atoms with van der Waals surface area (Å²) in [6, 6.07) is 3.06. The van der Waals surface area contributed by atoms with Gasteiger partial charge < -0.3 is 21.1 Å². The van der Waals surface area contributed by atoms with Gasteiger partial charge in [0.05, 0.1) is 10.6 Å². The molecule has 0 fully saturated rings. The molecule has 0 radical (unpaired) electrons. The molecule has 0 aliphatic carbocycles. The van der Waals surface area contributed by atoms with Gasteiger partial charge in [-0.25, -0.2) is 0 Å². The molecule has 0 amide bonds. The Morgan fingerprint density at radius 3 is 2.62 bits per heavy atom. The van der Waals surface area contributed by atoms with Gasteiger partial charge in [0.25, 0.3) is 0 Å². The number of hydrogen-bond acceptors (Lipinski definition) is 5. The molecule has 5 N–H and O–H groups in total. The molecular formula is C10H13NO4S. The van der Waals surface area contributed by atoms with E-state index in [1.807, 2.05) is 0 Å². The Morgan fingerprint density at radius 2 is 2.06 bits per heavy atom. The van der Waals surface area contributed by atoms with E-state index in [-0.39, 0.29) is 17.3 Å². The van der Waals surface area contributed by atoms with Crippen LogP contribution in [0.25, 0.3) is 0 Å². The summed E-state index contributed by atoms with van der Waals surface area (Å²) in [7, 11) is 0. The third kappa shape index (κ3) is 3.32. The lowest BCUT2D eigenvalue weighted by atomic mass is 10.1. The van der Waals surface area contributed by atoms with Gasteiger partial charge in [0.15, 0.2) is 11.5 Å². The maximum atomic E-state index is 10.4. The van der Waals surface area contributed by atoms with Crippen LogP contribution in [0.4, 0.5) is 0 Å². The van der Waals surface area contributed by atoms with Crippen LogP contribution in [0.15, 0.2) is 17.0 Å². The molecule has 0 unspecified atom stereocenters. The summed E-state index contributed by atoms with van der Waals surface area (Å²) in [6.07, 6.45) is 0.564. The summed E-state index contributed by atoms with van der Waals surface area (Å²) >= 11 is 0.959. The monoisotopic (exact) mass is 243 g/mol. The molecule has 0 aromatic heterocycles. The molecule has 0 heterocycles. The quantitative estimate of drug-likeness (QED) is 0.450. The molecule has 6 heteroatoms. The summed E-state index contributed by atoms with van der Waals surface area (Å²) in [5.41, 5.74) is 6.15. The molecule has 1 aromatic carbocycles. The molecule has 1 aromatic rings. The minimum atomic E-state index is -0.979. The summed E-state index contributed by atoms with van der Waals surface area (Å²) in [5.74, 6) is -1.68. The molecule has 0 saturated carbocycles. The van der Waals surface area contributed by atoms with Crippen molar-refractivity contribution in [3.8, 4) is 11.5 Å². The first-order valence-electron chi connectivity index (χ1n) is 4.64. The zero-order chi connectivity index (χ0) is 12.1. The largest absolute Gasteiger partial charge is 0.504 e. The number of aromatic hydroxyl groups is 2. The Kier molecular flexibility index (Phi) is 4.45. The van der Waals surface area contributed by atoms with Gasteiger partial charge in [0.2, 0.25) is 0 Å². The van der Waals surface area contributed by atoms with Crippen molar-refractivity contribution in [2.75, 3.05) is 12.3 Å². The second-order valence-electron chi connectivity index (χ2n) is 3.18. The lowest BCUT2D eigenvalue weighted by molar-refractivity contribution is -0.133. The standard InChI is InChI=1S/C10H13NO4S/c11-2-1-6-3-7(12)10(15)8(4-6)16-5-9(13)14/h3-4,12,15H,1-2,5,11H2,(H,13,14). The fourth-order valence-electron chi connectivity index (χ4n) is 1.21. The maximum absolute atomic E-state index is 10.4. The van der Waals surface area contributed by atoms with Crippen LogP contribution in [-0.2, 0) is 11.2 Å². The maximum Gasteiger partial charge on any atom is 0.313 e. The van der Waals surface area contributed by atoms with Crippen molar-refractivity contribution in [3.05, 3.63) is 17.7 Å². The summed E-state index contributed by atoms with van der Waals surface area (Å²) in [5, 5.41) is 27.5. The first kappa shape index (κ1) is 12.7. The Morgan fingerprint density at radius 1 is 1.38 bits per heavy atom. The van der Waals surface area contributed by atoms with Crippen LogP contribution in [-0.4, -0.2) is 33.6 Å². The molecule has 0 aliphatic rings. The van der Waals surface area contributed by atoms with Crippen LogP contribution in [0.3, 0.4) is 0 Å². The highest BCUT2D eigenvalue weighted by molar-refractivity contribution is 8.00. The molecule has 0 spiro atoms. The van der Waals surface area contributed by atoms with Gasteiger partial charge in [-0.3, -0.25) is 4.79 Å². The van der Waals surface area contributed by atoms with Crippen molar-refractivity contribution in [1.29, 1.82) is 0 Å². The third-order valence-electron chi connectivity index (χ3n) is 1.90. The molecule has 16 heavy (non-hydrogen) atoms. The number of aliphatic carboxylic acids is 1. The lowest BCUT2D eigenvalue weighted by Crippen LogP contribution is -2.03. The number of thioether (sulfide) groups is 1. The first-order valence-corrected chi connectivity index (χ1v) is 5.62. The van der Waals surface area contributed by atoms with Crippen molar-refractivity contribution >= 4 is 17.7 Å². The predicted molar refractivity (Wildman–Crippen MR) is 60.9 cm³/mol. The second kappa shape index (κ2) is 5.62. The number of carboxylic acids is 1. The van der Waals surface area contributed by atoms with Gasteiger partial charge in [0, 0.05) is 0 Å². The number of hydrogen-bond donors (Lipinski definition) is 4. The third-order valence-corrected chi connectivity index (χ3v) is 2.91. The molecule has 0 bridgehead atoms. The zero-order valence-electron chi connectivity index (χ0n) is 8.51. The van der Waals surface area contributed by atoms with E-state index in [1.54, 1.807) is 6.07 Å². The minimum Gasteiger partial charge on any atom is -0.504 e. The van der Waals surface area contributed by atoms with Crippen molar-refractivity contribution in [2.24, 2.45) is 5.73 Å². The van der Waals surface area contributed by atoms with Gasteiger partial charge in [-0.2, -0.15) is 0 Å². The number of rotatable bonds is 5. The van der Waals surface area contributed by atoms with Crippen LogP contribution in [0.5, 0.6) is 11.5 Å². The average molecular weight is 243 g/mol. The fraction of sp³-hybridized carbons (Fsp3) is 0.300. The van der Waals surface area contributed by atoms with Crippen LogP contribution < -0.4 is 5.73 Å². The topological polar surface area (TPSA) is 104 Å². The number of carboxylic acid groups (broad SMARTS) is 1. The number of carbonyl (C=O) groups is 1. The van der Waals surface area contributed by atoms with Gasteiger partial charge in [0.1, 0.15) is 0 Å². The highest BCUT2D eigenvalue weighted by atomic mass is 32.2. The van der Waals surface area contributed by atoms with Crippen LogP contribution >= 0.6 is 11.8 Å². The lowest BCUT2D eigenvalue weighted by Gasteiger charge is -2.08. The van der Waals surface area contributed by atoms with E-state index in [1.165, 1.54) is 6.07 Å². The minimum absolute atomic E-state index is 0.168. The normalized spacial score (nSPS) is 10.3. The second-order valence-corrected chi connectivity index (χ2v) is 4.20. The Labute approximate surface area is 96.9 Å². The van der Waals surface area contributed by atoms with Crippen molar-refractivity contribution in [1.82, 2.24) is 0 Å². The van der Waals surface area contributed by atoms with E-state index in [0.29, 0.717) is 17.9 Å². The van der Waals surface area contributed by atoms with Crippen LogP contribution in [0.2, 0.25) is 0 Å². The fourth-order valence-corrected chi connectivity index (χ4v) is 1.96. The Bertz CT molecular complexity index is 395. The summed E-state index contributed by atoms with van der Waals surface area (Å²) < 4.78 is 0. The van der Waals surface area contributed by atoms with E-state index >= 15 is 0 Å². The molecule has 88 valence electrons. The van der Waals surface area contributed by atoms with Gasteiger partial charge in [-0.1, -0.05) is 0 Å². The van der Waals surface area contributed by atoms with Crippen molar-refractivity contribution in [3.63, 3.8) is 0 Å². The molecule has 0 aliphatic heterocycles. The van der Waals surface area contributed by atoms with Gasteiger partial charge in [-0.05, 0) is 30.7 Å². The van der Waals surface area contributed by atoms with Gasteiger partial charge >= 0.3 is 5.97 Å². The molecular weight excluding hydrogens is 230 g/mol. The molecule has 0 atom stereocenters. The summed E-state index contributed by atoms with van der Waals surface area (Å²) in [6.45, 7) is 0.424. The van der Waals surface area contributed by atoms with Crippen LogP contribution in [0.1, 0.15) is 5.56 Å². The van der Waals surface area contributed by atoms with E-state index in [4.69, 9.17) is 10.8 Å². The summed E-state index contributed by atoms with van der Waals surface area (Å²) in [4.78, 5) is 10.7. The first-order chi connectivity index (χ1) is 7.54. The number of nitrogens with two attached hydrogens (primary N) is 1. The smallest absolute Gasteiger partial charge is 0.313 e. The Hall–Kier alpha value is -1.40. The average Bonchev–Trinajstić information content (AvgIpc) is 2.21. The van der Waals surface area contributed by atoms with E-state index in [0.717, 1.165) is 17.3 Å². The predicted octanol–water partition coefficient (Wildman–Crippen LogP) is 0.776. The zero-order valence-corrected chi connectivity index (χ0v) is 9.33.